The fourth-order valence-corrected chi connectivity index (χ4v) is 17.6. The molecule has 5 heteroatoms. The van der Waals surface area contributed by atoms with Crippen molar-refractivity contribution in [2.75, 3.05) is 9.80 Å². The van der Waals surface area contributed by atoms with Gasteiger partial charge in [0.2, 0.25) is 0 Å². The molecule has 99 heavy (non-hydrogen) atoms. The Balaban J connectivity index is 1.07. The molecule has 5 heterocycles. The summed E-state index contributed by atoms with van der Waals surface area (Å²) in [6, 6.07) is 39.2. The number of anilines is 6. The van der Waals surface area contributed by atoms with Gasteiger partial charge in [-0.2, -0.15) is 0 Å². The van der Waals surface area contributed by atoms with Crippen molar-refractivity contribution in [3.05, 3.63) is 335 Å². The van der Waals surface area contributed by atoms with Crippen LogP contribution in [0, 0.1) is 0 Å². The molecule has 19 rings (SSSR count). The second kappa shape index (κ2) is 22.8. The quantitative estimate of drug-likeness (QED) is 0.127. The molecular formula is C94H74N4Se. The van der Waals surface area contributed by atoms with Crippen LogP contribution in [0.3, 0.4) is 0 Å². The molecule has 1 atom stereocenters. The molecular weight excluding hydrogens is 1260 g/mol. The van der Waals surface area contributed by atoms with E-state index in [4.69, 9.17) is 5.48 Å². The molecule has 3 aromatic heterocycles. The van der Waals surface area contributed by atoms with Crippen LogP contribution in [0.25, 0.3) is 108 Å². The first kappa shape index (κ1) is 40.7. The number of nitrogens with zero attached hydrogens (tertiary/aromatic N) is 4. The summed E-state index contributed by atoms with van der Waals surface area (Å²) in [5.74, 6) is -1.75. The maximum absolute atomic E-state index is 11.8. The zero-order valence-electron chi connectivity index (χ0n) is 77.1. The Morgan fingerprint density at radius 2 is 0.869 bits per heavy atom. The number of hydrogen-bond acceptors (Lipinski definition) is 2. The van der Waals surface area contributed by atoms with Crippen LogP contribution >= 0.6 is 0 Å². The van der Waals surface area contributed by atoms with Crippen molar-refractivity contribution < 1.29 is 30.2 Å². The first-order valence-corrected chi connectivity index (χ1v) is 35.1. The van der Waals surface area contributed by atoms with Gasteiger partial charge in [-0.15, -0.1) is 0 Å². The first-order valence-electron chi connectivity index (χ1n) is 44.4. The van der Waals surface area contributed by atoms with Gasteiger partial charge in [0.25, 0.3) is 0 Å². The van der Waals surface area contributed by atoms with Gasteiger partial charge in [-0.05, 0) is 51.9 Å². The van der Waals surface area contributed by atoms with Gasteiger partial charge in [0.1, 0.15) is 0 Å². The Kier molecular flexibility index (Phi) is 9.39. The van der Waals surface area contributed by atoms with E-state index in [0.29, 0.717) is 56.1 Å². The van der Waals surface area contributed by atoms with Gasteiger partial charge in [-0.3, -0.25) is 0 Å². The maximum atomic E-state index is 11.8. The number of benzene rings is 13. The standard InChI is InChI=1S/C94H74N4Se/c1-57(2)64-48-75(59-28-12-8-13-29-59)91(76(49-64)60-30-14-9-15-31-60)97-81-55-67(95-79-41-25-22-38-70(79)87-69-37-21-20-36-63(69)52-83(87)95)44-46-72(81)88-73-47-45-68(96-80-42-26-23-39-71(80)89-74-40-24-27-43-86(74)99-93(89)96)56-82(73)98(85-54-66(94(5,6)7)53-84(97)90(85)88)92-77(61-32-16-10-17-33-61)50-65(58(3)4)51-78(92)62-34-18-11-19-35-62/h8-51,53-58,88H,52H2,1-7H3/i20D,21D,22D,23D,24D,25D,26D,27D,36D,37D,38D,39D,40D,41D,42D,43D,44D,45D,46D,47D,55D,56D. The Labute approximate surface area is 616 Å². The molecule has 476 valence electrons. The first-order chi connectivity index (χ1) is 57.6. The van der Waals surface area contributed by atoms with Crippen molar-refractivity contribution in [1.29, 1.82) is 0 Å². The molecule has 3 aliphatic rings. The number of hydrogen-bond donors (Lipinski definition) is 0. The van der Waals surface area contributed by atoms with Crippen LogP contribution in [-0.2, 0) is 11.8 Å². The van der Waals surface area contributed by atoms with E-state index in [2.05, 4.69) is 72.7 Å². The van der Waals surface area contributed by atoms with Crippen LogP contribution in [0.4, 0.5) is 34.1 Å². The van der Waals surface area contributed by atoms with E-state index in [1.807, 2.05) is 143 Å². The third-order valence-corrected chi connectivity index (χ3v) is 22.3. The molecule has 0 saturated heterocycles. The van der Waals surface area contributed by atoms with Crippen molar-refractivity contribution in [2.24, 2.45) is 0 Å². The van der Waals surface area contributed by atoms with Crippen molar-refractivity contribution in [2.45, 2.75) is 78.1 Å². The molecule has 0 saturated carbocycles. The average molecular weight is 1360 g/mol. The molecule has 13 aromatic carbocycles. The van der Waals surface area contributed by atoms with Gasteiger partial charge in [0, 0.05) is 23.1 Å². The molecule has 0 amide bonds. The number of rotatable bonds is 10. The van der Waals surface area contributed by atoms with E-state index < -0.39 is 153 Å². The van der Waals surface area contributed by atoms with E-state index in [-0.39, 0.29) is 122 Å². The van der Waals surface area contributed by atoms with Gasteiger partial charge in [0.05, 0.1) is 16.5 Å². The van der Waals surface area contributed by atoms with Crippen LogP contribution in [0.15, 0.2) is 291 Å². The SMILES string of the molecule is [2H]c1c([2H])c([2H])c2c(c1[2H])Cc1c-2c2c([2H])c([2H])c([2H])c([2H])c2n1-c1c([2H])c([2H])c2c(c1[2H])N(c1c(-c3ccccc3)cc(C(C)C)cc1-c1ccccc1)c1cc(C(C)(C)C)cc3c1C2c1c([2H])c([2H])c(-n2c4[se]c5c([2H])c([2H])c([2H])c([2H])c5c4c4c([2H])c([2H])c([2H])c([2H])c42)c([2H])c1N3c1c(-c2ccccc2)cc(C(C)C)cc1-c1ccccc1. The Morgan fingerprint density at radius 3 is 1.36 bits per heavy atom. The number of fused-ring (bicyclic) bond motifs is 14. The topological polar surface area (TPSA) is 16.3 Å². The van der Waals surface area contributed by atoms with E-state index in [1.165, 1.54) is 9.13 Å². The third kappa shape index (κ3) is 9.24. The van der Waals surface area contributed by atoms with E-state index in [9.17, 15) is 24.7 Å². The van der Waals surface area contributed by atoms with Crippen molar-refractivity contribution in [3.63, 3.8) is 0 Å². The second-order valence-corrected chi connectivity index (χ2v) is 29.5. The molecule has 0 radical (unpaired) electrons. The van der Waals surface area contributed by atoms with Crippen LogP contribution in [0.1, 0.15) is 141 Å². The minimum absolute atomic E-state index is 0.00164. The van der Waals surface area contributed by atoms with Crippen LogP contribution in [-0.4, -0.2) is 23.6 Å². The fourth-order valence-electron chi connectivity index (χ4n) is 15.2. The molecule has 1 unspecified atom stereocenters. The molecule has 2 aliphatic heterocycles. The van der Waals surface area contributed by atoms with Gasteiger partial charge < -0.3 is 0 Å². The van der Waals surface area contributed by atoms with Crippen molar-refractivity contribution in [1.82, 2.24) is 9.13 Å². The third-order valence-electron chi connectivity index (χ3n) is 20.0. The van der Waals surface area contributed by atoms with Crippen LogP contribution < -0.4 is 9.80 Å². The van der Waals surface area contributed by atoms with Crippen molar-refractivity contribution in [3.8, 4) is 67.0 Å². The molecule has 16 aromatic rings. The van der Waals surface area contributed by atoms with Crippen LogP contribution in [0.2, 0.25) is 0 Å². The van der Waals surface area contributed by atoms with Gasteiger partial charge in [0.15, 0.2) is 0 Å². The normalized spacial score (nSPS) is 16.9. The summed E-state index contributed by atoms with van der Waals surface area (Å²) >= 11 is -1.20. The van der Waals surface area contributed by atoms with Gasteiger partial charge in [-0.1, -0.05) is 117 Å². The zero-order chi connectivity index (χ0) is 85.7. The molecule has 0 fully saturated rings. The van der Waals surface area contributed by atoms with Gasteiger partial charge >= 0.3 is 411 Å². The van der Waals surface area contributed by atoms with E-state index in [0.717, 1.165) is 33.4 Å². The van der Waals surface area contributed by atoms with Gasteiger partial charge in [-0.25, -0.2) is 0 Å². The Hall–Kier alpha value is -10.9. The monoisotopic (exact) mass is 1360 g/mol. The summed E-state index contributed by atoms with van der Waals surface area (Å²) in [5.41, 5.74) is 8.14. The number of para-hydroxylation sites is 2. The van der Waals surface area contributed by atoms with E-state index >= 15 is 0 Å². The van der Waals surface area contributed by atoms with E-state index in [1.54, 1.807) is 0 Å². The summed E-state index contributed by atoms with van der Waals surface area (Å²) in [6.45, 7) is 14.6. The Morgan fingerprint density at radius 1 is 0.434 bits per heavy atom. The summed E-state index contributed by atoms with van der Waals surface area (Å²) in [7, 11) is 0. The summed E-state index contributed by atoms with van der Waals surface area (Å²) < 4.78 is 223. The summed E-state index contributed by atoms with van der Waals surface area (Å²) in [4.78, 5) is 3.93. The van der Waals surface area contributed by atoms with Crippen LogP contribution in [0.5, 0.6) is 0 Å². The zero-order valence-corrected chi connectivity index (χ0v) is 56.9. The predicted molar refractivity (Wildman–Crippen MR) is 419 cm³/mol. The summed E-state index contributed by atoms with van der Waals surface area (Å²) in [6.07, 6.45) is -0.323. The van der Waals surface area contributed by atoms with Crippen molar-refractivity contribution >= 4 is 89.9 Å². The molecule has 0 spiro atoms. The molecule has 4 nitrogen and oxygen atoms in total. The molecule has 0 bridgehead atoms. The second-order valence-electron chi connectivity index (χ2n) is 27.4. The predicted octanol–water partition coefficient (Wildman–Crippen LogP) is 25.5. The summed E-state index contributed by atoms with van der Waals surface area (Å²) in [5, 5.41) is -0.211. The average Bonchev–Trinajstić information content (AvgIpc) is 1.56. The Bertz CT molecular complexity index is 7190. The number of aromatic nitrogens is 2. The molecule has 1 aliphatic carbocycles. The minimum atomic E-state index is -1.55. The fraction of sp³-hybridized carbons (Fsp3) is 0.128. The molecule has 0 N–H and O–H groups in total.